The monoisotopic (exact) mass is 451 g/mol. The molecule has 1 saturated heterocycles. The second-order valence-electron chi connectivity index (χ2n) is 8.34. The highest BCUT2D eigenvalue weighted by Crippen LogP contribution is 2.38. The Kier molecular flexibility index (Phi) is 6.69. The fraction of sp³-hybridized carbons (Fsp3) is 0.619. The number of fused-ring (bicyclic) bond motifs is 1. The van der Waals surface area contributed by atoms with Gasteiger partial charge in [0.05, 0.1) is 10.6 Å². The maximum Gasteiger partial charge on any atom is 0.247 e. The van der Waals surface area contributed by atoms with Crippen LogP contribution < -0.4 is 10.0 Å². The number of amides is 2. The van der Waals surface area contributed by atoms with Crippen molar-refractivity contribution in [3.05, 3.63) is 18.2 Å². The largest absolute Gasteiger partial charge is 0.341 e. The number of carbonyl (C=O) groups is 2. The second-order valence-corrected chi connectivity index (χ2v) is 11.2. The van der Waals surface area contributed by atoms with Crippen LogP contribution in [0.4, 0.5) is 5.69 Å². The Balaban J connectivity index is 1.48. The molecule has 1 atom stereocenters. The van der Waals surface area contributed by atoms with Crippen LogP contribution in [-0.2, 0) is 19.6 Å². The summed E-state index contributed by atoms with van der Waals surface area (Å²) in [6, 6.07) is 4.72. The summed E-state index contributed by atoms with van der Waals surface area (Å²) in [5.74, 6) is -0.530. The highest BCUT2D eigenvalue weighted by molar-refractivity contribution is 8.01. The van der Waals surface area contributed by atoms with Crippen LogP contribution in [0.15, 0.2) is 28.0 Å². The molecule has 4 rings (SSSR count). The highest BCUT2D eigenvalue weighted by Gasteiger charge is 2.36. The van der Waals surface area contributed by atoms with Gasteiger partial charge in [-0.2, -0.15) is 0 Å². The molecule has 30 heavy (non-hydrogen) atoms. The van der Waals surface area contributed by atoms with Crippen molar-refractivity contribution >= 4 is 39.3 Å². The number of rotatable bonds is 4. The number of hydrogen-bond acceptors (Lipinski definition) is 5. The quantitative estimate of drug-likeness (QED) is 0.686. The first-order valence-corrected chi connectivity index (χ1v) is 13.2. The minimum Gasteiger partial charge on any atom is -0.341 e. The number of likely N-dealkylation sites (tertiary alicyclic amines) is 1. The Morgan fingerprint density at radius 3 is 2.40 bits per heavy atom. The molecule has 7 nitrogen and oxygen atoms in total. The van der Waals surface area contributed by atoms with Gasteiger partial charge in [-0.3, -0.25) is 9.59 Å². The maximum atomic E-state index is 12.9. The number of benzene rings is 1. The van der Waals surface area contributed by atoms with Gasteiger partial charge < -0.3 is 10.2 Å². The Labute approximate surface area is 182 Å². The topological polar surface area (TPSA) is 95.6 Å². The van der Waals surface area contributed by atoms with Crippen LogP contribution in [0.1, 0.15) is 57.8 Å². The minimum absolute atomic E-state index is 0.0284. The second kappa shape index (κ2) is 9.28. The summed E-state index contributed by atoms with van der Waals surface area (Å²) in [5, 5.41) is 1.94. The van der Waals surface area contributed by atoms with Gasteiger partial charge >= 0.3 is 0 Å². The molecule has 2 heterocycles. The van der Waals surface area contributed by atoms with Crippen molar-refractivity contribution in [1.29, 1.82) is 0 Å². The van der Waals surface area contributed by atoms with Gasteiger partial charge in [-0.05, 0) is 43.9 Å². The Morgan fingerprint density at radius 2 is 1.70 bits per heavy atom. The van der Waals surface area contributed by atoms with Gasteiger partial charge in [-0.15, -0.1) is 11.8 Å². The van der Waals surface area contributed by atoms with Gasteiger partial charge in [0.2, 0.25) is 21.8 Å². The van der Waals surface area contributed by atoms with E-state index in [2.05, 4.69) is 10.0 Å². The number of anilines is 1. The lowest BCUT2D eigenvalue weighted by molar-refractivity contribution is -0.133. The Morgan fingerprint density at radius 1 is 1.03 bits per heavy atom. The summed E-state index contributed by atoms with van der Waals surface area (Å²) in [6.45, 7) is 1.39. The van der Waals surface area contributed by atoms with E-state index in [-0.39, 0.29) is 22.8 Å². The van der Waals surface area contributed by atoms with Crippen LogP contribution in [0.2, 0.25) is 0 Å². The number of sulfonamides is 1. The molecule has 2 N–H and O–H groups in total. The zero-order valence-corrected chi connectivity index (χ0v) is 18.7. The van der Waals surface area contributed by atoms with Crippen molar-refractivity contribution in [1.82, 2.24) is 9.62 Å². The molecule has 0 bridgehead atoms. The van der Waals surface area contributed by atoms with E-state index in [1.54, 1.807) is 17.0 Å². The van der Waals surface area contributed by atoms with Gasteiger partial charge in [0, 0.05) is 24.0 Å². The van der Waals surface area contributed by atoms with Gasteiger partial charge in [0.25, 0.3) is 0 Å². The third-order valence-electron chi connectivity index (χ3n) is 6.07. The summed E-state index contributed by atoms with van der Waals surface area (Å²) >= 11 is 1.21. The first kappa shape index (κ1) is 21.6. The third kappa shape index (κ3) is 4.84. The number of nitrogens with one attached hydrogen (secondary N) is 2. The van der Waals surface area contributed by atoms with Crippen molar-refractivity contribution in [2.75, 3.05) is 18.4 Å². The molecule has 2 fully saturated rings. The van der Waals surface area contributed by atoms with Crippen molar-refractivity contribution < 1.29 is 18.0 Å². The summed E-state index contributed by atoms with van der Waals surface area (Å²) in [7, 11) is -3.65. The Hall–Kier alpha value is -1.58. The molecule has 3 aliphatic rings. The first-order valence-electron chi connectivity index (χ1n) is 10.9. The zero-order chi connectivity index (χ0) is 21.1. The number of carbonyl (C=O) groups excluding carboxylic acids is 2. The molecular weight excluding hydrogens is 422 g/mol. The molecule has 1 aromatic rings. The van der Waals surface area contributed by atoms with Crippen molar-refractivity contribution in [3.8, 4) is 0 Å². The molecule has 0 aromatic heterocycles. The average Bonchev–Trinajstić information content (AvgIpc) is 3.02. The van der Waals surface area contributed by atoms with Crippen LogP contribution in [0.25, 0.3) is 0 Å². The van der Waals surface area contributed by atoms with Crippen LogP contribution in [0, 0.1) is 0 Å². The van der Waals surface area contributed by atoms with E-state index in [0.29, 0.717) is 18.8 Å². The van der Waals surface area contributed by atoms with E-state index in [9.17, 15) is 18.0 Å². The van der Waals surface area contributed by atoms with Crippen LogP contribution in [0.3, 0.4) is 0 Å². The van der Waals surface area contributed by atoms with E-state index in [1.165, 1.54) is 17.8 Å². The summed E-state index contributed by atoms with van der Waals surface area (Å²) in [6.07, 6.45) is 9.11. The molecule has 9 heteroatoms. The maximum absolute atomic E-state index is 12.9. The van der Waals surface area contributed by atoms with E-state index >= 15 is 0 Å². The Bertz CT molecular complexity index is 905. The lowest BCUT2D eigenvalue weighted by Gasteiger charge is -2.29. The number of hydrogen-bond donors (Lipinski definition) is 2. The van der Waals surface area contributed by atoms with E-state index in [0.717, 1.165) is 62.7 Å². The fourth-order valence-electron chi connectivity index (χ4n) is 4.38. The van der Waals surface area contributed by atoms with Crippen molar-refractivity contribution in [2.45, 2.75) is 78.9 Å². The van der Waals surface area contributed by atoms with Crippen molar-refractivity contribution in [2.24, 2.45) is 0 Å². The summed E-state index contributed by atoms with van der Waals surface area (Å²) in [5.41, 5.74) is 0.455. The van der Waals surface area contributed by atoms with E-state index in [4.69, 9.17) is 0 Å². The minimum atomic E-state index is -3.65. The van der Waals surface area contributed by atoms with Gasteiger partial charge in [0.15, 0.2) is 5.25 Å². The lowest BCUT2D eigenvalue weighted by Crippen LogP contribution is -2.45. The standard InChI is InChI=1S/C21H29N3O4S2/c25-20-19(21(26)24-12-6-1-2-7-13-24)29-18-11-10-16(14-17(18)22-20)30(27,28)23-15-8-4-3-5-9-15/h10-11,14-15,19,23H,1-9,12-13H2,(H,22,25). The normalized spacial score (nSPS) is 23.4. The smallest absolute Gasteiger partial charge is 0.247 e. The summed E-state index contributed by atoms with van der Waals surface area (Å²) < 4.78 is 28.4. The van der Waals surface area contributed by atoms with E-state index in [1.807, 2.05) is 0 Å². The molecule has 1 aromatic carbocycles. The molecule has 1 saturated carbocycles. The molecule has 1 unspecified atom stereocenters. The van der Waals surface area contributed by atoms with Crippen molar-refractivity contribution in [3.63, 3.8) is 0 Å². The number of thioether (sulfide) groups is 1. The number of nitrogens with zero attached hydrogens (tertiary/aromatic N) is 1. The van der Waals surface area contributed by atoms with Crippen LogP contribution in [0.5, 0.6) is 0 Å². The predicted octanol–water partition coefficient (Wildman–Crippen LogP) is 3.11. The SMILES string of the molecule is O=C1Nc2cc(S(=O)(=O)NC3CCCCC3)ccc2SC1C(=O)N1CCCCCC1. The van der Waals surface area contributed by atoms with Gasteiger partial charge in [0.1, 0.15) is 0 Å². The zero-order valence-electron chi connectivity index (χ0n) is 17.1. The molecule has 2 aliphatic heterocycles. The summed E-state index contributed by atoms with van der Waals surface area (Å²) in [4.78, 5) is 28.2. The molecule has 2 amide bonds. The molecule has 164 valence electrons. The van der Waals surface area contributed by atoms with E-state index < -0.39 is 15.3 Å². The molecular formula is C21H29N3O4S2. The lowest BCUT2D eigenvalue weighted by atomic mass is 9.96. The molecule has 1 aliphatic carbocycles. The third-order valence-corrected chi connectivity index (χ3v) is 8.85. The van der Waals surface area contributed by atoms with Crippen LogP contribution >= 0.6 is 11.8 Å². The van der Waals surface area contributed by atoms with Gasteiger partial charge in [-0.25, -0.2) is 13.1 Å². The highest BCUT2D eigenvalue weighted by atomic mass is 32.2. The van der Waals surface area contributed by atoms with Gasteiger partial charge in [-0.1, -0.05) is 32.1 Å². The van der Waals surface area contributed by atoms with Crippen LogP contribution in [-0.4, -0.2) is 49.5 Å². The molecule has 0 spiro atoms. The predicted molar refractivity (Wildman–Crippen MR) is 117 cm³/mol. The molecule has 0 radical (unpaired) electrons. The average molecular weight is 452 g/mol. The first-order chi connectivity index (χ1) is 14.4. The fourth-order valence-corrected chi connectivity index (χ4v) is 6.77.